The SMILES string of the molecule is NNC(Cc1cccc(Cl)c1Cl)C1(c2ccccc2)CC1. The van der Waals surface area contributed by atoms with Gasteiger partial charge in [-0.05, 0) is 36.5 Å². The molecule has 0 bridgehead atoms. The molecule has 0 aromatic heterocycles. The first-order valence-electron chi connectivity index (χ1n) is 7.12. The molecular weight excluding hydrogens is 303 g/mol. The van der Waals surface area contributed by atoms with Crippen LogP contribution in [0.4, 0.5) is 0 Å². The molecule has 0 saturated heterocycles. The van der Waals surface area contributed by atoms with E-state index in [1.54, 1.807) is 0 Å². The summed E-state index contributed by atoms with van der Waals surface area (Å²) in [6.07, 6.45) is 3.05. The molecule has 0 spiro atoms. The lowest BCUT2D eigenvalue weighted by molar-refractivity contribution is 0.421. The Morgan fingerprint density at radius 3 is 2.38 bits per heavy atom. The minimum atomic E-state index is 0.113. The van der Waals surface area contributed by atoms with Crippen molar-refractivity contribution < 1.29 is 0 Å². The summed E-state index contributed by atoms with van der Waals surface area (Å²) in [4.78, 5) is 0. The smallest absolute Gasteiger partial charge is 0.0624 e. The fourth-order valence-electron chi connectivity index (χ4n) is 3.08. The minimum absolute atomic E-state index is 0.113. The second-order valence-corrected chi connectivity index (χ2v) is 6.44. The molecule has 2 aromatic carbocycles. The van der Waals surface area contributed by atoms with Crippen LogP contribution in [0.2, 0.25) is 10.0 Å². The Balaban J connectivity index is 1.88. The topological polar surface area (TPSA) is 38.0 Å². The van der Waals surface area contributed by atoms with Gasteiger partial charge in [0.25, 0.3) is 0 Å². The van der Waals surface area contributed by atoms with E-state index >= 15 is 0 Å². The van der Waals surface area contributed by atoms with Gasteiger partial charge in [-0.2, -0.15) is 0 Å². The fourth-order valence-corrected chi connectivity index (χ4v) is 3.48. The van der Waals surface area contributed by atoms with Crippen LogP contribution in [0.1, 0.15) is 24.0 Å². The van der Waals surface area contributed by atoms with Crippen molar-refractivity contribution in [2.24, 2.45) is 5.84 Å². The number of rotatable bonds is 5. The van der Waals surface area contributed by atoms with Gasteiger partial charge in [-0.15, -0.1) is 0 Å². The normalized spacial score (nSPS) is 17.5. The number of hydrogen-bond acceptors (Lipinski definition) is 2. The van der Waals surface area contributed by atoms with Crippen LogP contribution < -0.4 is 11.3 Å². The van der Waals surface area contributed by atoms with E-state index in [-0.39, 0.29) is 11.5 Å². The third-order valence-corrected chi connectivity index (χ3v) is 5.32. The molecule has 1 aliphatic rings. The Kier molecular flexibility index (Phi) is 4.23. The summed E-state index contributed by atoms with van der Waals surface area (Å²) in [6, 6.07) is 16.5. The molecule has 1 unspecified atom stereocenters. The number of hydrazine groups is 1. The molecule has 1 atom stereocenters. The maximum Gasteiger partial charge on any atom is 0.0624 e. The summed E-state index contributed by atoms with van der Waals surface area (Å²) in [5.74, 6) is 5.85. The zero-order valence-electron chi connectivity index (χ0n) is 11.7. The van der Waals surface area contributed by atoms with Crippen molar-refractivity contribution in [2.75, 3.05) is 0 Å². The van der Waals surface area contributed by atoms with Crippen molar-refractivity contribution in [3.63, 3.8) is 0 Å². The average molecular weight is 321 g/mol. The van der Waals surface area contributed by atoms with Gasteiger partial charge in [0.1, 0.15) is 0 Å². The van der Waals surface area contributed by atoms with Gasteiger partial charge < -0.3 is 0 Å². The van der Waals surface area contributed by atoms with Crippen molar-refractivity contribution in [3.05, 3.63) is 69.7 Å². The van der Waals surface area contributed by atoms with Crippen LogP contribution in [-0.2, 0) is 11.8 Å². The summed E-state index contributed by atoms with van der Waals surface area (Å²) < 4.78 is 0. The molecule has 0 radical (unpaired) electrons. The van der Waals surface area contributed by atoms with Crippen LogP contribution >= 0.6 is 23.2 Å². The standard InChI is InChI=1S/C17H18Cl2N2/c18-14-8-4-5-12(16(14)19)11-15(21-20)17(9-10-17)13-6-2-1-3-7-13/h1-8,15,21H,9-11,20H2. The molecule has 0 aliphatic heterocycles. The summed E-state index contributed by atoms with van der Waals surface area (Å²) >= 11 is 12.4. The summed E-state index contributed by atoms with van der Waals surface area (Å²) in [5, 5.41) is 1.22. The van der Waals surface area contributed by atoms with E-state index in [0.29, 0.717) is 10.0 Å². The maximum absolute atomic E-state index is 6.31. The van der Waals surface area contributed by atoms with Crippen molar-refractivity contribution in [1.29, 1.82) is 0 Å². The lowest BCUT2D eigenvalue weighted by Gasteiger charge is -2.27. The van der Waals surface area contributed by atoms with Gasteiger partial charge in [0.05, 0.1) is 10.0 Å². The molecule has 2 aromatic rings. The van der Waals surface area contributed by atoms with Gasteiger partial charge in [0, 0.05) is 11.5 Å². The number of halogens is 2. The zero-order valence-corrected chi connectivity index (χ0v) is 13.2. The van der Waals surface area contributed by atoms with Crippen molar-refractivity contribution in [3.8, 4) is 0 Å². The molecule has 0 amide bonds. The highest BCUT2D eigenvalue weighted by Crippen LogP contribution is 2.51. The van der Waals surface area contributed by atoms with Crippen molar-refractivity contribution in [1.82, 2.24) is 5.43 Å². The monoisotopic (exact) mass is 320 g/mol. The average Bonchev–Trinajstić information content (AvgIpc) is 3.31. The van der Waals surface area contributed by atoms with E-state index in [1.165, 1.54) is 5.56 Å². The van der Waals surface area contributed by atoms with Gasteiger partial charge in [-0.25, -0.2) is 0 Å². The molecule has 3 N–H and O–H groups in total. The Morgan fingerprint density at radius 1 is 1.05 bits per heavy atom. The van der Waals surface area contributed by atoms with Crippen LogP contribution in [0, 0.1) is 0 Å². The molecule has 2 nitrogen and oxygen atoms in total. The van der Waals surface area contributed by atoms with E-state index in [4.69, 9.17) is 29.0 Å². The highest BCUT2D eigenvalue weighted by molar-refractivity contribution is 6.42. The molecule has 4 heteroatoms. The van der Waals surface area contributed by atoms with E-state index < -0.39 is 0 Å². The first-order chi connectivity index (χ1) is 10.2. The predicted molar refractivity (Wildman–Crippen MR) is 88.6 cm³/mol. The van der Waals surface area contributed by atoms with Gasteiger partial charge in [-0.3, -0.25) is 11.3 Å². The lowest BCUT2D eigenvalue weighted by Crippen LogP contribution is -2.45. The quantitative estimate of drug-likeness (QED) is 0.643. The zero-order chi connectivity index (χ0) is 14.9. The molecular formula is C17H18Cl2N2. The van der Waals surface area contributed by atoms with Gasteiger partial charge in [0.15, 0.2) is 0 Å². The minimum Gasteiger partial charge on any atom is -0.271 e. The second kappa shape index (κ2) is 5.98. The largest absolute Gasteiger partial charge is 0.271 e. The Hall–Kier alpha value is -1.06. The first-order valence-corrected chi connectivity index (χ1v) is 7.87. The van der Waals surface area contributed by atoms with Gasteiger partial charge in [0.2, 0.25) is 0 Å². The summed E-state index contributed by atoms with van der Waals surface area (Å²) in [7, 11) is 0. The third kappa shape index (κ3) is 2.82. The van der Waals surface area contributed by atoms with Crippen molar-refractivity contribution in [2.45, 2.75) is 30.7 Å². The van der Waals surface area contributed by atoms with Crippen LogP contribution in [0.3, 0.4) is 0 Å². The van der Waals surface area contributed by atoms with Crippen molar-refractivity contribution >= 4 is 23.2 Å². The molecule has 21 heavy (non-hydrogen) atoms. The van der Waals surface area contributed by atoms with Crippen LogP contribution in [-0.4, -0.2) is 6.04 Å². The molecule has 0 heterocycles. The van der Waals surface area contributed by atoms with E-state index in [0.717, 1.165) is 24.8 Å². The third-order valence-electron chi connectivity index (χ3n) is 4.46. The number of hydrogen-bond donors (Lipinski definition) is 2. The van der Waals surface area contributed by atoms with E-state index in [9.17, 15) is 0 Å². The molecule has 1 saturated carbocycles. The summed E-state index contributed by atoms with van der Waals surface area (Å²) in [5.41, 5.74) is 5.48. The second-order valence-electron chi connectivity index (χ2n) is 5.66. The van der Waals surface area contributed by atoms with Gasteiger partial charge in [-0.1, -0.05) is 65.7 Å². The molecule has 110 valence electrons. The van der Waals surface area contributed by atoms with Crippen LogP contribution in [0.15, 0.2) is 48.5 Å². The molecule has 1 aliphatic carbocycles. The molecule has 1 fully saturated rings. The van der Waals surface area contributed by atoms with Crippen LogP contribution in [0.25, 0.3) is 0 Å². The number of nitrogens with one attached hydrogen (secondary N) is 1. The Morgan fingerprint density at radius 2 is 1.76 bits per heavy atom. The highest BCUT2D eigenvalue weighted by atomic mass is 35.5. The number of nitrogens with two attached hydrogens (primary N) is 1. The first kappa shape index (κ1) is 14.9. The summed E-state index contributed by atoms with van der Waals surface area (Å²) in [6.45, 7) is 0. The Labute approximate surface area is 135 Å². The van der Waals surface area contributed by atoms with Crippen LogP contribution in [0.5, 0.6) is 0 Å². The van der Waals surface area contributed by atoms with E-state index in [1.807, 2.05) is 24.3 Å². The highest BCUT2D eigenvalue weighted by Gasteiger charge is 2.50. The Bertz CT molecular complexity index is 624. The predicted octanol–water partition coefficient (Wildman–Crippen LogP) is 4.10. The van der Waals surface area contributed by atoms with Gasteiger partial charge >= 0.3 is 0 Å². The maximum atomic E-state index is 6.31. The fraction of sp³-hybridized carbons (Fsp3) is 0.294. The van der Waals surface area contributed by atoms with E-state index in [2.05, 4.69) is 29.7 Å². The number of benzene rings is 2. The lowest BCUT2D eigenvalue weighted by atomic mass is 9.85. The molecule has 3 rings (SSSR count).